The predicted molar refractivity (Wildman–Crippen MR) is 103 cm³/mol. The monoisotopic (exact) mass is 357 g/mol. The van der Waals surface area contributed by atoms with E-state index in [0.717, 1.165) is 16.5 Å². The van der Waals surface area contributed by atoms with Gasteiger partial charge in [0.1, 0.15) is 0 Å². The van der Waals surface area contributed by atoms with Crippen LogP contribution in [0.5, 0.6) is 0 Å². The van der Waals surface area contributed by atoms with Gasteiger partial charge in [0.2, 0.25) is 0 Å². The number of rotatable bonds is 5. The molecule has 6 heteroatoms. The van der Waals surface area contributed by atoms with E-state index in [0.29, 0.717) is 6.61 Å². The van der Waals surface area contributed by atoms with Crippen LogP contribution in [-0.4, -0.2) is 35.9 Å². The van der Waals surface area contributed by atoms with Crippen molar-refractivity contribution in [1.29, 1.82) is 0 Å². The first kappa shape index (κ1) is 19.0. The summed E-state index contributed by atoms with van der Waals surface area (Å²) in [5.41, 5.74) is 2.35. The molecule has 1 saturated heterocycles. The van der Waals surface area contributed by atoms with E-state index in [4.69, 9.17) is 14.0 Å². The Labute approximate surface area is 155 Å². The second kappa shape index (κ2) is 6.74. The lowest BCUT2D eigenvalue weighted by Crippen LogP contribution is -2.41. The number of fused-ring (bicyclic) bond motifs is 1. The van der Waals surface area contributed by atoms with Gasteiger partial charge in [-0.25, -0.2) is 0 Å². The maximum Gasteiger partial charge on any atom is 0.466 e. The number of benzene rings is 1. The van der Waals surface area contributed by atoms with Crippen molar-refractivity contribution in [3.63, 3.8) is 0 Å². The van der Waals surface area contributed by atoms with Crippen molar-refractivity contribution in [3.8, 4) is 0 Å². The van der Waals surface area contributed by atoms with Crippen LogP contribution in [-0.2, 0) is 18.8 Å². The lowest BCUT2D eigenvalue weighted by Gasteiger charge is -2.32. The Hall–Kier alpha value is -1.79. The summed E-state index contributed by atoms with van der Waals surface area (Å²) < 4.78 is 17.7. The quantitative estimate of drug-likeness (QED) is 0.645. The molecule has 1 N–H and O–H groups in total. The largest absolute Gasteiger partial charge is 0.466 e. The lowest BCUT2D eigenvalue weighted by atomic mass is 9.66. The summed E-state index contributed by atoms with van der Waals surface area (Å²) in [6.07, 6.45) is 2.17. The van der Waals surface area contributed by atoms with Crippen LogP contribution in [0.25, 0.3) is 10.9 Å². The Kier molecular flexibility index (Phi) is 4.93. The Balaban J connectivity index is 1.99. The molecule has 0 saturated carbocycles. The molecule has 0 aliphatic carbocycles. The molecule has 3 rings (SSSR count). The molecule has 26 heavy (non-hydrogen) atoms. The van der Waals surface area contributed by atoms with Gasteiger partial charge in [-0.15, -0.1) is 0 Å². The average molecular weight is 357 g/mol. The van der Waals surface area contributed by atoms with Crippen LogP contribution < -0.4 is 0 Å². The summed E-state index contributed by atoms with van der Waals surface area (Å²) in [5, 5.41) is 1.08. The standard InChI is InChI=1S/C20H28BNO4/c1-7-24-18(23)11-16(21-25-19(3,4)20(5,6)26-21)15-12-22-17-10-13(2)8-9-14(15)17/h8-10,12,16,22H,7,11H2,1-6H3. The van der Waals surface area contributed by atoms with Crippen molar-refractivity contribution < 1.29 is 18.8 Å². The molecule has 1 aliphatic heterocycles. The molecule has 1 fully saturated rings. The molecule has 140 valence electrons. The maximum atomic E-state index is 12.3. The number of esters is 1. The van der Waals surface area contributed by atoms with Crippen LogP contribution in [0.2, 0.25) is 0 Å². The van der Waals surface area contributed by atoms with Gasteiger partial charge in [-0.05, 0) is 58.7 Å². The van der Waals surface area contributed by atoms with Crippen molar-refractivity contribution in [2.75, 3.05) is 6.61 Å². The number of carbonyl (C=O) groups excluding carboxylic acids is 1. The minimum Gasteiger partial charge on any atom is -0.466 e. The number of H-pyrrole nitrogens is 1. The third kappa shape index (κ3) is 3.40. The second-order valence-corrected chi connectivity index (χ2v) is 8.03. The van der Waals surface area contributed by atoms with Crippen LogP contribution in [0.1, 0.15) is 58.0 Å². The lowest BCUT2D eigenvalue weighted by molar-refractivity contribution is -0.143. The van der Waals surface area contributed by atoms with Gasteiger partial charge >= 0.3 is 13.1 Å². The number of carbonyl (C=O) groups is 1. The number of aromatic nitrogens is 1. The van der Waals surface area contributed by atoms with E-state index in [9.17, 15) is 4.79 Å². The first-order valence-corrected chi connectivity index (χ1v) is 9.23. The average Bonchev–Trinajstić information content (AvgIpc) is 3.03. The highest BCUT2D eigenvalue weighted by Gasteiger charge is 2.54. The maximum absolute atomic E-state index is 12.3. The van der Waals surface area contributed by atoms with Gasteiger partial charge in [0.15, 0.2) is 0 Å². The molecule has 1 aromatic carbocycles. The predicted octanol–water partition coefficient (Wildman–Crippen LogP) is 4.14. The fourth-order valence-electron chi connectivity index (χ4n) is 3.37. The van der Waals surface area contributed by atoms with E-state index in [1.54, 1.807) is 0 Å². The van der Waals surface area contributed by atoms with Gasteiger partial charge in [0, 0.05) is 22.9 Å². The zero-order valence-corrected chi connectivity index (χ0v) is 16.5. The fourth-order valence-corrected chi connectivity index (χ4v) is 3.37. The van der Waals surface area contributed by atoms with E-state index in [1.807, 2.05) is 40.8 Å². The number of hydrogen-bond donors (Lipinski definition) is 1. The van der Waals surface area contributed by atoms with Crippen molar-refractivity contribution in [2.24, 2.45) is 0 Å². The minimum absolute atomic E-state index is 0.214. The summed E-state index contributed by atoms with van der Waals surface area (Å²) in [5.74, 6) is -0.486. The molecule has 5 nitrogen and oxygen atoms in total. The summed E-state index contributed by atoms with van der Waals surface area (Å²) in [6, 6.07) is 6.26. The number of aromatic amines is 1. The number of aryl methyl sites for hydroxylation is 1. The Morgan fingerprint density at radius 2 is 1.88 bits per heavy atom. The molecule has 1 aliphatic rings. The van der Waals surface area contributed by atoms with Gasteiger partial charge in [0.05, 0.1) is 24.2 Å². The van der Waals surface area contributed by atoms with Crippen LogP contribution in [0.3, 0.4) is 0 Å². The molecule has 2 aromatic rings. The van der Waals surface area contributed by atoms with Gasteiger partial charge < -0.3 is 19.0 Å². The first-order chi connectivity index (χ1) is 12.1. The van der Waals surface area contributed by atoms with Crippen LogP contribution in [0, 0.1) is 6.92 Å². The third-order valence-electron chi connectivity index (χ3n) is 5.56. The van der Waals surface area contributed by atoms with Crippen molar-refractivity contribution in [3.05, 3.63) is 35.5 Å². The zero-order valence-electron chi connectivity index (χ0n) is 16.5. The molecule has 0 spiro atoms. The summed E-state index contributed by atoms with van der Waals surface area (Å²) >= 11 is 0. The van der Waals surface area contributed by atoms with E-state index in [1.165, 1.54) is 5.56 Å². The molecular weight excluding hydrogens is 329 g/mol. The van der Waals surface area contributed by atoms with E-state index in [-0.39, 0.29) is 18.2 Å². The number of ether oxygens (including phenoxy) is 1. The molecule has 0 amide bonds. The highest BCUT2D eigenvalue weighted by molar-refractivity contribution is 6.48. The molecule has 2 heterocycles. The van der Waals surface area contributed by atoms with Gasteiger partial charge in [-0.3, -0.25) is 4.79 Å². The smallest absolute Gasteiger partial charge is 0.466 e. The Bertz CT molecular complexity index is 795. The van der Waals surface area contributed by atoms with E-state index >= 15 is 0 Å². The number of nitrogens with one attached hydrogen (secondary N) is 1. The minimum atomic E-state index is -0.510. The molecule has 1 unspecified atom stereocenters. The SMILES string of the molecule is CCOC(=O)CC(B1OC(C)(C)C(C)(C)O1)c1c[nH]c2cc(C)ccc12. The molecule has 1 aromatic heterocycles. The normalized spacial score (nSPS) is 19.7. The fraction of sp³-hybridized carbons (Fsp3) is 0.550. The zero-order chi connectivity index (χ0) is 19.1. The Morgan fingerprint density at radius 3 is 2.50 bits per heavy atom. The van der Waals surface area contributed by atoms with Gasteiger partial charge in [0.25, 0.3) is 0 Å². The second-order valence-electron chi connectivity index (χ2n) is 8.03. The van der Waals surface area contributed by atoms with Crippen molar-refractivity contribution >= 4 is 24.0 Å². The van der Waals surface area contributed by atoms with Crippen LogP contribution in [0.4, 0.5) is 0 Å². The third-order valence-corrected chi connectivity index (χ3v) is 5.56. The Morgan fingerprint density at radius 1 is 1.23 bits per heavy atom. The highest BCUT2D eigenvalue weighted by Crippen LogP contribution is 2.43. The summed E-state index contributed by atoms with van der Waals surface area (Å²) in [7, 11) is -0.510. The van der Waals surface area contributed by atoms with Gasteiger partial charge in [-0.2, -0.15) is 0 Å². The van der Waals surface area contributed by atoms with Gasteiger partial charge in [-0.1, -0.05) is 12.1 Å². The summed E-state index contributed by atoms with van der Waals surface area (Å²) in [4.78, 5) is 15.6. The first-order valence-electron chi connectivity index (χ1n) is 9.23. The van der Waals surface area contributed by atoms with Crippen LogP contribution >= 0.6 is 0 Å². The van der Waals surface area contributed by atoms with E-state index < -0.39 is 18.3 Å². The molecule has 1 atom stereocenters. The summed E-state index contributed by atoms with van der Waals surface area (Å²) in [6.45, 7) is 12.3. The number of hydrogen-bond acceptors (Lipinski definition) is 4. The van der Waals surface area contributed by atoms with E-state index in [2.05, 4.69) is 30.1 Å². The van der Waals surface area contributed by atoms with Crippen molar-refractivity contribution in [2.45, 2.75) is 65.0 Å². The molecular formula is C20H28BNO4. The molecule has 0 bridgehead atoms. The highest BCUT2D eigenvalue weighted by atomic mass is 16.7. The van der Waals surface area contributed by atoms with Crippen LogP contribution in [0.15, 0.2) is 24.4 Å². The topological polar surface area (TPSA) is 60.6 Å². The van der Waals surface area contributed by atoms with Crippen molar-refractivity contribution in [1.82, 2.24) is 4.98 Å². The molecule has 0 radical (unpaired) electrons.